The summed E-state index contributed by atoms with van der Waals surface area (Å²) in [5.41, 5.74) is 1.42. The average Bonchev–Trinajstić information content (AvgIpc) is 2.88. The zero-order valence-electron chi connectivity index (χ0n) is 20.5. The SMILES string of the molecule is COc1cc2nccc(Oc3ccc(NC(=O)OC(C)c4cccc(OC(F)(F)F)c4)cc3)c2cc1OC. The molecule has 11 heteroatoms. The molecule has 1 N–H and O–H groups in total. The second kappa shape index (κ2) is 11.2. The first kappa shape index (κ1) is 26.4. The van der Waals surface area contributed by atoms with E-state index in [1.807, 2.05) is 0 Å². The highest BCUT2D eigenvalue weighted by molar-refractivity contribution is 5.88. The average molecular weight is 528 g/mol. The van der Waals surface area contributed by atoms with Gasteiger partial charge in [-0.05, 0) is 61.0 Å². The molecule has 4 aromatic rings. The molecule has 1 heterocycles. The zero-order chi connectivity index (χ0) is 27.3. The van der Waals surface area contributed by atoms with Gasteiger partial charge in [0, 0.05) is 23.3 Å². The van der Waals surface area contributed by atoms with Crippen molar-refractivity contribution in [3.8, 4) is 28.7 Å². The van der Waals surface area contributed by atoms with Crippen molar-refractivity contribution in [1.29, 1.82) is 0 Å². The van der Waals surface area contributed by atoms with Gasteiger partial charge in [0.2, 0.25) is 0 Å². The number of benzene rings is 3. The van der Waals surface area contributed by atoms with Gasteiger partial charge < -0.3 is 23.7 Å². The molecule has 8 nitrogen and oxygen atoms in total. The number of hydrogen-bond acceptors (Lipinski definition) is 7. The predicted octanol–water partition coefficient (Wildman–Crippen LogP) is 7.25. The van der Waals surface area contributed by atoms with E-state index in [2.05, 4.69) is 15.0 Å². The molecule has 0 aliphatic heterocycles. The highest BCUT2D eigenvalue weighted by atomic mass is 19.4. The second-order valence-electron chi connectivity index (χ2n) is 7.95. The third kappa shape index (κ3) is 6.55. The molecule has 0 bridgehead atoms. The second-order valence-corrected chi connectivity index (χ2v) is 7.95. The number of methoxy groups -OCH3 is 2. The van der Waals surface area contributed by atoms with E-state index in [1.54, 1.807) is 55.8 Å². The van der Waals surface area contributed by atoms with Crippen LogP contribution in [0.3, 0.4) is 0 Å². The Labute approximate surface area is 215 Å². The summed E-state index contributed by atoms with van der Waals surface area (Å²) in [5, 5.41) is 3.29. The third-order valence-electron chi connectivity index (χ3n) is 5.38. The smallest absolute Gasteiger partial charge is 0.493 e. The minimum absolute atomic E-state index is 0.337. The van der Waals surface area contributed by atoms with Gasteiger partial charge in [-0.1, -0.05) is 12.1 Å². The molecular weight excluding hydrogens is 505 g/mol. The minimum Gasteiger partial charge on any atom is -0.493 e. The maximum atomic E-state index is 12.5. The van der Waals surface area contributed by atoms with Crippen molar-refractivity contribution in [3.63, 3.8) is 0 Å². The van der Waals surface area contributed by atoms with E-state index in [0.717, 1.165) is 17.5 Å². The van der Waals surface area contributed by atoms with Gasteiger partial charge in [0.25, 0.3) is 0 Å². The number of ether oxygens (including phenoxy) is 5. The van der Waals surface area contributed by atoms with Crippen molar-refractivity contribution in [1.82, 2.24) is 4.98 Å². The van der Waals surface area contributed by atoms with Crippen molar-refractivity contribution in [2.45, 2.75) is 19.4 Å². The zero-order valence-corrected chi connectivity index (χ0v) is 20.5. The number of halogens is 3. The maximum Gasteiger partial charge on any atom is 0.573 e. The summed E-state index contributed by atoms with van der Waals surface area (Å²) in [6.45, 7) is 1.53. The number of alkyl halides is 3. The van der Waals surface area contributed by atoms with Gasteiger partial charge in [0.15, 0.2) is 11.5 Å². The van der Waals surface area contributed by atoms with Gasteiger partial charge in [-0.25, -0.2) is 4.79 Å². The highest BCUT2D eigenvalue weighted by Crippen LogP contribution is 2.37. The number of carbonyl (C=O) groups excluding carboxylic acids is 1. The van der Waals surface area contributed by atoms with Crippen LogP contribution in [0.25, 0.3) is 10.9 Å². The van der Waals surface area contributed by atoms with Crippen LogP contribution in [0.4, 0.5) is 23.7 Å². The van der Waals surface area contributed by atoms with Crippen molar-refractivity contribution >= 4 is 22.7 Å². The number of fused-ring (bicyclic) bond motifs is 1. The van der Waals surface area contributed by atoms with Crippen LogP contribution in [0.5, 0.6) is 28.7 Å². The van der Waals surface area contributed by atoms with E-state index in [1.165, 1.54) is 26.2 Å². The lowest BCUT2D eigenvalue weighted by molar-refractivity contribution is -0.274. The topological polar surface area (TPSA) is 88.1 Å². The number of anilines is 1. The number of aromatic nitrogens is 1. The molecule has 0 spiro atoms. The largest absolute Gasteiger partial charge is 0.573 e. The quantitative estimate of drug-likeness (QED) is 0.258. The maximum absolute atomic E-state index is 12.5. The molecule has 198 valence electrons. The molecule has 0 radical (unpaired) electrons. The molecule has 1 aromatic heterocycles. The van der Waals surface area contributed by atoms with Crippen LogP contribution >= 0.6 is 0 Å². The molecule has 0 aliphatic rings. The summed E-state index contributed by atoms with van der Waals surface area (Å²) >= 11 is 0. The Bertz CT molecular complexity index is 1430. The van der Waals surface area contributed by atoms with Crippen LogP contribution in [0.1, 0.15) is 18.6 Å². The Kier molecular flexibility index (Phi) is 7.75. The first-order chi connectivity index (χ1) is 18.1. The van der Waals surface area contributed by atoms with E-state index < -0.39 is 24.3 Å². The molecule has 3 aromatic carbocycles. The molecule has 0 saturated carbocycles. The van der Waals surface area contributed by atoms with E-state index in [4.69, 9.17) is 18.9 Å². The Balaban J connectivity index is 1.40. The van der Waals surface area contributed by atoms with Gasteiger partial charge in [0.05, 0.1) is 19.7 Å². The molecule has 1 atom stereocenters. The Morgan fingerprint density at radius 1 is 0.895 bits per heavy atom. The van der Waals surface area contributed by atoms with Crippen LogP contribution < -0.4 is 24.3 Å². The first-order valence-electron chi connectivity index (χ1n) is 11.3. The molecule has 38 heavy (non-hydrogen) atoms. The Morgan fingerprint density at radius 3 is 2.29 bits per heavy atom. The van der Waals surface area contributed by atoms with Crippen LogP contribution in [0.15, 0.2) is 72.9 Å². The van der Waals surface area contributed by atoms with Gasteiger partial charge in [-0.15, -0.1) is 13.2 Å². The molecule has 4 rings (SSSR count). The van der Waals surface area contributed by atoms with E-state index in [9.17, 15) is 18.0 Å². The number of rotatable bonds is 8. The van der Waals surface area contributed by atoms with Crippen LogP contribution in [-0.4, -0.2) is 31.7 Å². The summed E-state index contributed by atoms with van der Waals surface area (Å²) in [6, 6.07) is 17.0. The standard InChI is InChI=1S/C27H23F3N2O6/c1-16(17-5-4-6-20(13-17)38-27(28,29)30)36-26(33)32-18-7-9-19(10-8-18)37-23-11-12-31-22-15-25(35-3)24(34-2)14-21(22)23/h4-16H,1-3H3,(H,32,33). The lowest BCUT2D eigenvalue weighted by atomic mass is 10.1. The summed E-state index contributed by atoms with van der Waals surface area (Å²) in [7, 11) is 3.08. The van der Waals surface area contributed by atoms with Crippen LogP contribution in [0, 0.1) is 0 Å². The van der Waals surface area contributed by atoms with Crippen molar-refractivity contribution < 1.29 is 41.7 Å². The van der Waals surface area contributed by atoms with Gasteiger partial charge >= 0.3 is 12.5 Å². The van der Waals surface area contributed by atoms with E-state index >= 15 is 0 Å². The lowest BCUT2D eigenvalue weighted by Crippen LogP contribution is -2.18. The fraction of sp³-hybridized carbons (Fsp3) is 0.185. The van der Waals surface area contributed by atoms with Crippen molar-refractivity contribution in [3.05, 3.63) is 78.5 Å². The van der Waals surface area contributed by atoms with Crippen molar-refractivity contribution in [2.75, 3.05) is 19.5 Å². The number of hydrogen-bond donors (Lipinski definition) is 1. The summed E-state index contributed by atoms with van der Waals surface area (Å²) in [4.78, 5) is 16.7. The summed E-state index contributed by atoms with van der Waals surface area (Å²) in [5.74, 6) is 1.72. The lowest BCUT2D eigenvalue weighted by Gasteiger charge is -2.16. The van der Waals surface area contributed by atoms with Gasteiger partial charge in [-0.3, -0.25) is 10.3 Å². The number of nitrogens with zero attached hydrogens (tertiary/aromatic N) is 1. The number of pyridine rings is 1. The molecular formula is C27H23F3N2O6. The van der Waals surface area contributed by atoms with Crippen molar-refractivity contribution in [2.24, 2.45) is 0 Å². The summed E-state index contributed by atoms with van der Waals surface area (Å²) < 4.78 is 63.3. The fourth-order valence-corrected chi connectivity index (χ4v) is 3.61. The monoisotopic (exact) mass is 528 g/mol. The molecule has 1 amide bonds. The van der Waals surface area contributed by atoms with E-state index in [-0.39, 0.29) is 0 Å². The Hall–Kier alpha value is -4.67. The number of carbonyl (C=O) groups is 1. The molecule has 0 aliphatic carbocycles. The first-order valence-corrected chi connectivity index (χ1v) is 11.3. The summed E-state index contributed by atoms with van der Waals surface area (Å²) in [6.07, 6.45) is -4.82. The highest BCUT2D eigenvalue weighted by Gasteiger charge is 2.31. The Morgan fingerprint density at radius 2 is 1.61 bits per heavy atom. The minimum atomic E-state index is -4.82. The number of amides is 1. The predicted molar refractivity (Wildman–Crippen MR) is 133 cm³/mol. The normalized spacial score (nSPS) is 11.9. The van der Waals surface area contributed by atoms with Gasteiger partial charge in [0.1, 0.15) is 23.4 Å². The van der Waals surface area contributed by atoms with E-state index in [0.29, 0.717) is 39.8 Å². The van der Waals surface area contributed by atoms with Crippen LogP contribution in [-0.2, 0) is 4.74 Å². The molecule has 1 unspecified atom stereocenters. The van der Waals surface area contributed by atoms with Crippen LogP contribution in [0.2, 0.25) is 0 Å². The third-order valence-corrected chi connectivity index (χ3v) is 5.38. The molecule has 0 saturated heterocycles. The van der Waals surface area contributed by atoms with Gasteiger partial charge in [-0.2, -0.15) is 0 Å². The number of nitrogens with one attached hydrogen (secondary N) is 1. The molecule has 0 fully saturated rings. The fourth-order valence-electron chi connectivity index (χ4n) is 3.61.